The molecule has 2 aromatic carbocycles. The predicted molar refractivity (Wildman–Crippen MR) is 118 cm³/mol. The minimum absolute atomic E-state index is 0.0950. The number of fused-ring (bicyclic) bond motifs is 1. The molecular formula is C22H25N3O5S. The van der Waals surface area contributed by atoms with Crippen molar-refractivity contribution in [3.63, 3.8) is 0 Å². The quantitative estimate of drug-likeness (QED) is 0.520. The number of hydrogen-bond donors (Lipinski definition) is 3. The number of aryl methyl sites for hydroxylation is 1. The highest BCUT2D eigenvalue weighted by atomic mass is 32.2. The monoisotopic (exact) mass is 443 g/mol. The van der Waals surface area contributed by atoms with Crippen molar-refractivity contribution in [2.24, 2.45) is 0 Å². The number of hydrogen-bond acceptors (Lipinski definition) is 5. The number of nitrogens with one attached hydrogen (secondary N) is 3. The van der Waals surface area contributed by atoms with E-state index < -0.39 is 10.0 Å². The summed E-state index contributed by atoms with van der Waals surface area (Å²) in [6, 6.07) is 11.7. The maximum Gasteiger partial charge on any atom is 0.267 e. The zero-order valence-electron chi connectivity index (χ0n) is 17.4. The molecule has 0 spiro atoms. The van der Waals surface area contributed by atoms with Gasteiger partial charge in [0.15, 0.2) is 0 Å². The van der Waals surface area contributed by atoms with Crippen LogP contribution in [0.5, 0.6) is 5.75 Å². The molecule has 31 heavy (non-hydrogen) atoms. The van der Waals surface area contributed by atoms with E-state index >= 15 is 0 Å². The Morgan fingerprint density at radius 1 is 1.23 bits per heavy atom. The predicted octanol–water partition coefficient (Wildman–Crippen LogP) is 3.19. The lowest BCUT2D eigenvalue weighted by Gasteiger charge is -2.14. The molecule has 1 aliphatic rings. The molecule has 1 aromatic heterocycles. The fourth-order valence-corrected chi connectivity index (χ4v) is 4.92. The van der Waals surface area contributed by atoms with Gasteiger partial charge in [0, 0.05) is 30.2 Å². The molecule has 9 heteroatoms. The number of carbonyl (C=O) groups excluding carboxylic acids is 1. The first-order valence-electron chi connectivity index (χ1n) is 10.1. The third kappa shape index (κ3) is 4.67. The molecule has 3 N–H and O–H groups in total. The van der Waals surface area contributed by atoms with Gasteiger partial charge in [-0.1, -0.05) is 0 Å². The van der Waals surface area contributed by atoms with Crippen molar-refractivity contribution in [2.75, 3.05) is 25.0 Å². The molecule has 0 bridgehead atoms. The molecule has 0 saturated carbocycles. The SMILES string of the molecule is CNC(=O)c1cc2cc(NS(=O)(=O)c3ccc(OCC4CCCO4)cc3C)ccc2[nH]1. The minimum Gasteiger partial charge on any atom is -0.491 e. The second kappa shape index (κ2) is 8.60. The van der Waals surface area contributed by atoms with E-state index in [1.165, 1.54) is 0 Å². The number of anilines is 1. The number of rotatable bonds is 7. The summed E-state index contributed by atoms with van der Waals surface area (Å²) in [7, 11) is -2.24. The van der Waals surface area contributed by atoms with Gasteiger partial charge in [-0.15, -0.1) is 0 Å². The van der Waals surface area contributed by atoms with Crippen LogP contribution in [0.3, 0.4) is 0 Å². The largest absolute Gasteiger partial charge is 0.491 e. The van der Waals surface area contributed by atoms with Crippen LogP contribution in [0.1, 0.15) is 28.9 Å². The van der Waals surface area contributed by atoms with E-state index in [4.69, 9.17) is 9.47 Å². The molecule has 1 atom stereocenters. The summed E-state index contributed by atoms with van der Waals surface area (Å²) >= 11 is 0. The molecule has 3 aromatic rings. The van der Waals surface area contributed by atoms with E-state index in [1.807, 2.05) is 0 Å². The second-order valence-electron chi connectivity index (χ2n) is 7.54. The molecule has 1 unspecified atom stereocenters. The highest BCUT2D eigenvalue weighted by molar-refractivity contribution is 7.92. The van der Waals surface area contributed by atoms with E-state index in [0.29, 0.717) is 29.3 Å². The molecule has 1 saturated heterocycles. The lowest BCUT2D eigenvalue weighted by atomic mass is 10.2. The Kier molecular flexibility index (Phi) is 5.88. The molecule has 1 amide bonds. The molecule has 4 rings (SSSR count). The van der Waals surface area contributed by atoms with Crippen LogP contribution in [0.25, 0.3) is 10.9 Å². The molecule has 1 aliphatic heterocycles. The number of ether oxygens (including phenoxy) is 2. The highest BCUT2D eigenvalue weighted by Crippen LogP contribution is 2.26. The van der Waals surface area contributed by atoms with Crippen molar-refractivity contribution in [1.29, 1.82) is 0 Å². The highest BCUT2D eigenvalue weighted by Gasteiger charge is 2.20. The number of amides is 1. The van der Waals surface area contributed by atoms with Crippen LogP contribution in [0.2, 0.25) is 0 Å². The standard InChI is InChI=1S/C22H25N3O5S/c1-14-10-17(30-13-18-4-3-9-29-18)6-8-21(14)31(27,28)25-16-5-7-19-15(11-16)12-20(24-19)22(26)23-2/h5-8,10-12,18,24-25H,3-4,9,13H2,1-2H3,(H,23,26). The number of sulfonamides is 1. The molecular weight excluding hydrogens is 418 g/mol. The molecule has 1 fully saturated rings. The van der Waals surface area contributed by atoms with Gasteiger partial charge in [0.1, 0.15) is 18.1 Å². The van der Waals surface area contributed by atoms with Crippen molar-refractivity contribution in [1.82, 2.24) is 10.3 Å². The van der Waals surface area contributed by atoms with Gasteiger partial charge < -0.3 is 19.8 Å². The maximum absolute atomic E-state index is 13.0. The Morgan fingerprint density at radius 3 is 2.77 bits per heavy atom. The van der Waals surface area contributed by atoms with Gasteiger partial charge >= 0.3 is 0 Å². The summed E-state index contributed by atoms with van der Waals surface area (Å²) in [6.45, 7) is 2.95. The van der Waals surface area contributed by atoms with Crippen LogP contribution in [-0.2, 0) is 14.8 Å². The van der Waals surface area contributed by atoms with E-state index in [2.05, 4.69) is 15.0 Å². The Morgan fingerprint density at radius 2 is 2.06 bits per heavy atom. The maximum atomic E-state index is 13.0. The van der Waals surface area contributed by atoms with E-state index in [0.717, 1.165) is 30.4 Å². The van der Waals surface area contributed by atoms with Crippen LogP contribution in [0.15, 0.2) is 47.4 Å². The van der Waals surface area contributed by atoms with Crippen molar-refractivity contribution in [2.45, 2.75) is 30.8 Å². The van der Waals surface area contributed by atoms with Crippen LogP contribution in [-0.4, -0.2) is 45.7 Å². The van der Waals surface area contributed by atoms with E-state index in [1.54, 1.807) is 56.4 Å². The lowest BCUT2D eigenvalue weighted by Crippen LogP contribution is -2.17. The summed E-state index contributed by atoms with van der Waals surface area (Å²) in [6.07, 6.45) is 2.11. The van der Waals surface area contributed by atoms with Crippen LogP contribution in [0, 0.1) is 6.92 Å². The molecule has 0 radical (unpaired) electrons. The summed E-state index contributed by atoms with van der Waals surface area (Å²) in [5.74, 6) is 0.373. The molecule has 2 heterocycles. The number of H-pyrrole nitrogens is 1. The van der Waals surface area contributed by atoms with Crippen molar-refractivity contribution < 1.29 is 22.7 Å². The third-order valence-corrected chi connectivity index (χ3v) is 6.78. The Balaban J connectivity index is 1.50. The van der Waals surface area contributed by atoms with Crippen LogP contribution in [0.4, 0.5) is 5.69 Å². The first kappa shape index (κ1) is 21.2. The summed E-state index contributed by atoms with van der Waals surface area (Å²) < 4.78 is 39.8. The van der Waals surface area contributed by atoms with Gasteiger partial charge in [-0.3, -0.25) is 9.52 Å². The Hall–Kier alpha value is -3.04. The average Bonchev–Trinajstić information content (AvgIpc) is 3.40. The van der Waals surface area contributed by atoms with Gasteiger partial charge in [0.2, 0.25) is 0 Å². The second-order valence-corrected chi connectivity index (χ2v) is 9.19. The number of aromatic amines is 1. The van der Waals surface area contributed by atoms with E-state index in [-0.39, 0.29) is 16.9 Å². The van der Waals surface area contributed by atoms with Crippen LogP contribution < -0.4 is 14.8 Å². The number of aromatic nitrogens is 1. The Labute approximate surface area is 181 Å². The number of carbonyl (C=O) groups is 1. The minimum atomic E-state index is -3.79. The number of benzene rings is 2. The zero-order valence-corrected chi connectivity index (χ0v) is 18.2. The molecule has 164 valence electrons. The smallest absolute Gasteiger partial charge is 0.267 e. The summed E-state index contributed by atoms with van der Waals surface area (Å²) in [5, 5.41) is 3.28. The third-order valence-electron chi connectivity index (χ3n) is 5.24. The van der Waals surface area contributed by atoms with Gasteiger partial charge in [0.05, 0.1) is 11.0 Å². The topological polar surface area (TPSA) is 110 Å². The average molecular weight is 444 g/mol. The van der Waals surface area contributed by atoms with Crippen molar-refractivity contribution >= 4 is 32.5 Å². The van der Waals surface area contributed by atoms with Gasteiger partial charge in [-0.25, -0.2) is 8.42 Å². The zero-order chi connectivity index (χ0) is 22.0. The fraction of sp³-hybridized carbons (Fsp3) is 0.318. The van der Waals surface area contributed by atoms with Gasteiger partial charge in [0.25, 0.3) is 15.9 Å². The van der Waals surface area contributed by atoms with Gasteiger partial charge in [-0.05, 0) is 67.8 Å². The molecule has 8 nitrogen and oxygen atoms in total. The first-order chi connectivity index (χ1) is 14.9. The normalized spacial score (nSPS) is 16.4. The van der Waals surface area contributed by atoms with Gasteiger partial charge in [-0.2, -0.15) is 0 Å². The van der Waals surface area contributed by atoms with Crippen molar-refractivity contribution in [3.05, 3.63) is 53.7 Å². The Bertz CT molecular complexity index is 1210. The van der Waals surface area contributed by atoms with Crippen molar-refractivity contribution in [3.8, 4) is 5.75 Å². The van der Waals surface area contributed by atoms with E-state index in [9.17, 15) is 13.2 Å². The fourth-order valence-electron chi connectivity index (χ4n) is 3.64. The first-order valence-corrected chi connectivity index (χ1v) is 11.6. The molecule has 0 aliphatic carbocycles. The summed E-state index contributed by atoms with van der Waals surface area (Å²) in [4.78, 5) is 15.0. The lowest BCUT2D eigenvalue weighted by molar-refractivity contribution is 0.0679. The summed E-state index contributed by atoms with van der Waals surface area (Å²) in [5.41, 5.74) is 2.15. The van der Waals surface area contributed by atoms with Crippen LogP contribution >= 0.6 is 0 Å².